The molecule has 1 spiro atoms. The molecule has 0 aromatic rings. The first-order valence-corrected chi connectivity index (χ1v) is 7.39. The predicted octanol–water partition coefficient (Wildman–Crippen LogP) is 0.935. The van der Waals surface area contributed by atoms with E-state index in [1.165, 1.54) is 7.11 Å². The number of fused-ring (bicyclic) bond motifs is 2. The number of hydrogen-bond donors (Lipinski definition) is 0. The van der Waals surface area contributed by atoms with Crippen molar-refractivity contribution in [2.24, 2.45) is 5.16 Å². The SMILES string of the molecule is CCOC(=O)C1=NO[C@@]2(CC1)OC(OC)[C@@H]1OC(C)(C)O[C@@H]12. The molecule has 0 bridgehead atoms. The Morgan fingerprint density at radius 2 is 2.14 bits per heavy atom. The number of esters is 1. The maximum Gasteiger partial charge on any atom is 0.356 e. The minimum Gasteiger partial charge on any atom is -0.461 e. The lowest BCUT2D eigenvalue weighted by atomic mass is 9.99. The van der Waals surface area contributed by atoms with Crippen LogP contribution in [-0.4, -0.2) is 55.5 Å². The second kappa shape index (κ2) is 5.45. The van der Waals surface area contributed by atoms with Crippen molar-refractivity contribution >= 4 is 11.7 Å². The van der Waals surface area contributed by atoms with Crippen LogP contribution in [0.2, 0.25) is 0 Å². The molecule has 3 aliphatic heterocycles. The van der Waals surface area contributed by atoms with Gasteiger partial charge in [-0.05, 0) is 20.8 Å². The van der Waals surface area contributed by atoms with Gasteiger partial charge in [0.15, 0.2) is 23.9 Å². The summed E-state index contributed by atoms with van der Waals surface area (Å²) >= 11 is 0. The summed E-state index contributed by atoms with van der Waals surface area (Å²) in [5.41, 5.74) is 0.242. The van der Waals surface area contributed by atoms with E-state index in [0.717, 1.165) is 0 Å². The van der Waals surface area contributed by atoms with Gasteiger partial charge >= 0.3 is 5.97 Å². The van der Waals surface area contributed by atoms with Gasteiger partial charge in [-0.15, -0.1) is 0 Å². The fourth-order valence-corrected chi connectivity index (χ4v) is 2.99. The van der Waals surface area contributed by atoms with Gasteiger partial charge in [0.25, 0.3) is 5.79 Å². The smallest absolute Gasteiger partial charge is 0.356 e. The lowest BCUT2D eigenvalue weighted by molar-refractivity contribution is -0.326. The van der Waals surface area contributed by atoms with Gasteiger partial charge in [-0.25, -0.2) is 4.79 Å². The van der Waals surface area contributed by atoms with Crippen LogP contribution in [-0.2, 0) is 33.3 Å². The van der Waals surface area contributed by atoms with Crippen LogP contribution in [0.5, 0.6) is 0 Å². The van der Waals surface area contributed by atoms with E-state index < -0.39 is 36.0 Å². The number of ether oxygens (including phenoxy) is 5. The van der Waals surface area contributed by atoms with E-state index >= 15 is 0 Å². The zero-order chi connectivity index (χ0) is 16.0. The normalized spacial score (nSPS) is 39.3. The number of carbonyl (C=O) groups is 1. The molecular weight excluding hydrogens is 294 g/mol. The molecule has 4 atom stereocenters. The Kier molecular flexibility index (Phi) is 3.88. The van der Waals surface area contributed by atoms with Gasteiger partial charge in [0, 0.05) is 20.0 Å². The van der Waals surface area contributed by atoms with Crippen molar-refractivity contribution in [3.63, 3.8) is 0 Å². The molecule has 0 saturated carbocycles. The first kappa shape index (κ1) is 15.7. The lowest BCUT2D eigenvalue weighted by Gasteiger charge is -2.34. The third kappa shape index (κ3) is 2.50. The summed E-state index contributed by atoms with van der Waals surface area (Å²) in [5.74, 6) is -2.33. The highest BCUT2D eigenvalue weighted by atomic mass is 16.9. The maximum atomic E-state index is 11.7. The molecule has 0 amide bonds. The highest BCUT2D eigenvalue weighted by Crippen LogP contribution is 2.48. The summed E-state index contributed by atoms with van der Waals surface area (Å²) in [5, 5.41) is 3.89. The Labute approximate surface area is 128 Å². The van der Waals surface area contributed by atoms with Gasteiger partial charge < -0.3 is 28.5 Å². The van der Waals surface area contributed by atoms with Crippen molar-refractivity contribution in [3.8, 4) is 0 Å². The topological polar surface area (TPSA) is 84.8 Å². The highest BCUT2D eigenvalue weighted by molar-refractivity contribution is 6.36. The zero-order valence-corrected chi connectivity index (χ0v) is 13.2. The number of hydrogen-bond acceptors (Lipinski definition) is 8. The molecular formula is C14H21NO7. The van der Waals surface area contributed by atoms with Crippen molar-refractivity contribution in [2.75, 3.05) is 13.7 Å². The Morgan fingerprint density at radius 3 is 2.73 bits per heavy atom. The molecule has 22 heavy (non-hydrogen) atoms. The molecule has 8 nitrogen and oxygen atoms in total. The molecule has 2 saturated heterocycles. The summed E-state index contributed by atoms with van der Waals surface area (Å²) in [6.45, 7) is 5.67. The molecule has 1 unspecified atom stereocenters. The molecule has 0 aromatic carbocycles. The van der Waals surface area contributed by atoms with Crippen molar-refractivity contribution in [2.45, 2.75) is 63.7 Å². The van der Waals surface area contributed by atoms with Gasteiger partial charge in [0.2, 0.25) is 0 Å². The molecule has 124 valence electrons. The summed E-state index contributed by atoms with van der Waals surface area (Å²) in [6, 6.07) is 0. The van der Waals surface area contributed by atoms with E-state index in [-0.39, 0.29) is 5.71 Å². The van der Waals surface area contributed by atoms with Gasteiger partial charge in [0.1, 0.15) is 6.10 Å². The number of rotatable bonds is 3. The standard InChI is InChI=1S/C14H21NO7/c1-5-18-11(16)8-6-7-14(22-15-8)10-9(12(17-4)21-14)19-13(2,3)20-10/h9-10,12H,5-7H2,1-4H3/t9-,10+,12?,14-/m1/s1. The van der Waals surface area contributed by atoms with Crippen molar-refractivity contribution in [3.05, 3.63) is 0 Å². The summed E-state index contributed by atoms with van der Waals surface area (Å²) in [7, 11) is 1.53. The Bertz CT molecular complexity index is 492. The van der Waals surface area contributed by atoms with E-state index in [9.17, 15) is 4.79 Å². The van der Waals surface area contributed by atoms with Gasteiger partial charge in [-0.1, -0.05) is 5.16 Å². The monoisotopic (exact) mass is 315 g/mol. The quantitative estimate of drug-likeness (QED) is 0.716. The van der Waals surface area contributed by atoms with Crippen LogP contribution in [0, 0.1) is 0 Å². The molecule has 3 heterocycles. The summed E-state index contributed by atoms with van der Waals surface area (Å²) in [6.07, 6.45) is -0.696. The minimum absolute atomic E-state index is 0.242. The Morgan fingerprint density at radius 1 is 1.36 bits per heavy atom. The van der Waals surface area contributed by atoms with Gasteiger partial charge in [-0.3, -0.25) is 0 Å². The third-order valence-corrected chi connectivity index (χ3v) is 3.91. The average Bonchev–Trinajstić information content (AvgIpc) is 2.93. The first-order valence-electron chi connectivity index (χ1n) is 7.39. The molecule has 0 N–H and O–H groups in total. The van der Waals surface area contributed by atoms with Crippen molar-refractivity contribution in [1.82, 2.24) is 0 Å². The molecule has 2 fully saturated rings. The van der Waals surface area contributed by atoms with Crippen LogP contribution in [0.3, 0.4) is 0 Å². The highest BCUT2D eigenvalue weighted by Gasteiger charge is 2.66. The molecule has 3 aliphatic rings. The van der Waals surface area contributed by atoms with E-state index in [4.69, 9.17) is 28.5 Å². The second-order valence-electron chi connectivity index (χ2n) is 5.90. The summed E-state index contributed by atoms with van der Waals surface area (Å²) in [4.78, 5) is 17.2. The molecule has 3 rings (SSSR count). The third-order valence-electron chi connectivity index (χ3n) is 3.91. The number of nitrogens with zero attached hydrogens (tertiary/aromatic N) is 1. The predicted molar refractivity (Wildman–Crippen MR) is 72.8 cm³/mol. The first-order chi connectivity index (χ1) is 10.4. The van der Waals surface area contributed by atoms with E-state index in [0.29, 0.717) is 19.4 Å². The maximum absolute atomic E-state index is 11.7. The van der Waals surface area contributed by atoms with E-state index in [1.54, 1.807) is 6.92 Å². The van der Waals surface area contributed by atoms with E-state index in [1.807, 2.05) is 13.8 Å². The van der Waals surface area contributed by atoms with Gasteiger partial charge in [0.05, 0.1) is 6.61 Å². The van der Waals surface area contributed by atoms with Crippen LogP contribution >= 0.6 is 0 Å². The van der Waals surface area contributed by atoms with Crippen LogP contribution in [0.1, 0.15) is 33.6 Å². The van der Waals surface area contributed by atoms with Crippen LogP contribution in [0.4, 0.5) is 0 Å². The summed E-state index contributed by atoms with van der Waals surface area (Å²) < 4.78 is 27.8. The largest absolute Gasteiger partial charge is 0.461 e. The molecule has 0 aromatic heterocycles. The lowest BCUT2D eigenvalue weighted by Crippen LogP contribution is -2.47. The van der Waals surface area contributed by atoms with Crippen molar-refractivity contribution < 1.29 is 33.3 Å². The number of carbonyl (C=O) groups excluding carboxylic acids is 1. The minimum atomic E-state index is -1.10. The molecule has 8 heteroatoms. The average molecular weight is 315 g/mol. The second-order valence-corrected chi connectivity index (χ2v) is 5.90. The number of methoxy groups -OCH3 is 1. The Balaban J connectivity index is 1.79. The Hall–Kier alpha value is -1.22. The van der Waals surface area contributed by atoms with Gasteiger partial charge in [-0.2, -0.15) is 0 Å². The van der Waals surface area contributed by atoms with E-state index in [2.05, 4.69) is 5.16 Å². The zero-order valence-electron chi connectivity index (χ0n) is 13.2. The van der Waals surface area contributed by atoms with Crippen molar-refractivity contribution in [1.29, 1.82) is 0 Å². The molecule has 0 aliphatic carbocycles. The fourth-order valence-electron chi connectivity index (χ4n) is 2.99. The molecule has 0 radical (unpaired) electrons. The van der Waals surface area contributed by atoms with Crippen LogP contribution in [0.25, 0.3) is 0 Å². The number of oxime groups is 1. The fraction of sp³-hybridized carbons (Fsp3) is 0.857. The van der Waals surface area contributed by atoms with Crippen LogP contribution < -0.4 is 0 Å². The van der Waals surface area contributed by atoms with Crippen LogP contribution in [0.15, 0.2) is 5.16 Å².